The molecule has 0 aliphatic carbocycles. The highest BCUT2D eigenvalue weighted by Crippen LogP contribution is 2.24. The van der Waals surface area contributed by atoms with E-state index in [4.69, 9.17) is 4.74 Å². The van der Waals surface area contributed by atoms with E-state index in [-0.39, 0.29) is 0 Å². The molecule has 0 aliphatic heterocycles. The molecule has 0 saturated heterocycles. The van der Waals surface area contributed by atoms with E-state index in [9.17, 15) is 0 Å². The maximum atomic E-state index is 5.39. The lowest BCUT2D eigenvalue weighted by molar-refractivity contribution is 0.407. The van der Waals surface area contributed by atoms with Gasteiger partial charge in [0.25, 0.3) is 0 Å². The highest BCUT2D eigenvalue weighted by atomic mass is 79.9. The topological polar surface area (TPSA) is 39.1 Å². The number of hydrogen-bond acceptors (Lipinski definition) is 3. The number of hydrogen-bond donors (Lipinski definition) is 1. The highest BCUT2D eigenvalue weighted by molar-refractivity contribution is 9.10. The Morgan fingerprint density at radius 2 is 2.25 bits per heavy atom. The molecule has 4 nitrogen and oxygen atoms in total. The zero-order valence-corrected chi connectivity index (χ0v) is 13.6. The summed E-state index contributed by atoms with van der Waals surface area (Å²) in [6, 6.07) is 6.36. The van der Waals surface area contributed by atoms with Gasteiger partial charge in [-0.25, -0.2) is 0 Å². The fraction of sp³-hybridized carbons (Fsp3) is 0.400. The minimum atomic E-state index is 0.355. The van der Waals surface area contributed by atoms with Crippen LogP contribution in [0.1, 0.15) is 30.5 Å². The van der Waals surface area contributed by atoms with Gasteiger partial charge < -0.3 is 10.1 Å². The average Bonchev–Trinajstić information content (AvgIpc) is 2.89. The summed E-state index contributed by atoms with van der Waals surface area (Å²) in [6.45, 7) is 2.86. The Morgan fingerprint density at radius 1 is 1.45 bits per heavy atom. The van der Waals surface area contributed by atoms with Gasteiger partial charge in [0, 0.05) is 27.8 Å². The molecule has 2 rings (SSSR count). The molecule has 1 aromatic carbocycles. The van der Waals surface area contributed by atoms with Crippen molar-refractivity contribution in [2.45, 2.75) is 25.9 Å². The van der Waals surface area contributed by atoms with Gasteiger partial charge >= 0.3 is 0 Å². The minimum Gasteiger partial charge on any atom is -0.496 e. The second-order valence-electron chi connectivity index (χ2n) is 4.68. The van der Waals surface area contributed by atoms with Crippen LogP contribution in [0.4, 0.5) is 0 Å². The summed E-state index contributed by atoms with van der Waals surface area (Å²) in [4.78, 5) is 0. The first-order valence-electron chi connectivity index (χ1n) is 6.70. The highest BCUT2D eigenvalue weighted by Gasteiger charge is 2.10. The van der Waals surface area contributed by atoms with Crippen molar-refractivity contribution in [2.75, 3.05) is 14.2 Å². The third kappa shape index (κ3) is 3.41. The normalized spacial score (nSPS) is 12.4. The molecular weight excluding hydrogens is 318 g/mol. The molecule has 0 amide bonds. The molecule has 0 aliphatic rings. The Bertz CT molecular complexity index is 564. The Balaban J connectivity index is 2.20. The van der Waals surface area contributed by atoms with Crippen LogP contribution in [-0.4, -0.2) is 23.9 Å². The zero-order valence-electron chi connectivity index (χ0n) is 12.1. The molecule has 108 valence electrons. The van der Waals surface area contributed by atoms with Crippen LogP contribution in [0.2, 0.25) is 0 Å². The number of benzene rings is 1. The molecule has 1 heterocycles. The first kappa shape index (κ1) is 15.1. The zero-order chi connectivity index (χ0) is 14.5. The van der Waals surface area contributed by atoms with Gasteiger partial charge in [-0.05, 0) is 31.7 Å². The maximum absolute atomic E-state index is 5.39. The lowest BCUT2D eigenvalue weighted by atomic mass is 10.1. The van der Waals surface area contributed by atoms with Crippen molar-refractivity contribution >= 4 is 15.9 Å². The van der Waals surface area contributed by atoms with Gasteiger partial charge in [-0.2, -0.15) is 5.10 Å². The monoisotopic (exact) mass is 337 g/mol. The summed E-state index contributed by atoms with van der Waals surface area (Å²) in [5.74, 6) is 0.880. The quantitative estimate of drug-likeness (QED) is 0.878. The van der Waals surface area contributed by atoms with Crippen molar-refractivity contribution in [3.63, 3.8) is 0 Å². The number of nitrogens with zero attached hydrogens (tertiary/aromatic N) is 2. The number of rotatable bonds is 6. The maximum Gasteiger partial charge on any atom is 0.124 e. The number of ether oxygens (including phenoxy) is 1. The van der Waals surface area contributed by atoms with Crippen molar-refractivity contribution in [3.05, 3.63) is 46.2 Å². The van der Waals surface area contributed by atoms with Gasteiger partial charge in [0.05, 0.1) is 19.9 Å². The van der Waals surface area contributed by atoms with Crippen molar-refractivity contribution in [1.29, 1.82) is 0 Å². The molecule has 1 aromatic heterocycles. The standard InChI is InChI=1S/C15H20BrN3O/c1-4-14(17-2)12-8-18-19(10-12)9-11-7-13(16)5-6-15(11)20-3/h5-8,10,14,17H,4,9H2,1-3H3. The van der Waals surface area contributed by atoms with Crippen LogP contribution in [0.5, 0.6) is 5.75 Å². The van der Waals surface area contributed by atoms with Crippen LogP contribution in [0.3, 0.4) is 0 Å². The number of nitrogens with one attached hydrogen (secondary N) is 1. The lowest BCUT2D eigenvalue weighted by Gasteiger charge is -2.11. The van der Waals surface area contributed by atoms with Crippen LogP contribution in [-0.2, 0) is 6.54 Å². The van der Waals surface area contributed by atoms with Crippen LogP contribution in [0.15, 0.2) is 35.1 Å². The molecule has 20 heavy (non-hydrogen) atoms. The van der Waals surface area contributed by atoms with E-state index in [1.54, 1.807) is 7.11 Å². The molecule has 0 bridgehead atoms. The smallest absolute Gasteiger partial charge is 0.124 e. The molecule has 5 heteroatoms. The van der Waals surface area contributed by atoms with Gasteiger partial charge in [-0.1, -0.05) is 22.9 Å². The predicted octanol–water partition coefficient (Wildman–Crippen LogP) is 3.37. The van der Waals surface area contributed by atoms with E-state index in [1.165, 1.54) is 5.56 Å². The number of aromatic nitrogens is 2. The Hall–Kier alpha value is -1.33. The van der Waals surface area contributed by atoms with E-state index >= 15 is 0 Å². The van der Waals surface area contributed by atoms with E-state index in [0.717, 1.165) is 22.2 Å². The first-order valence-corrected chi connectivity index (χ1v) is 7.49. The molecule has 0 fully saturated rings. The van der Waals surface area contributed by atoms with Crippen molar-refractivity contribution in [3.8, 4) is 5.75 Å². The van der Waals surface area contributed by atoms with Crippen LogP contribution in [0.25, 0.3) is 0 Å². The molecule has 2 aromatic rings. The van der Waals surface area contributed by atoms with E-state index in [2.05, 4.69) is 45.5 Å². The molecule has 0 radical (unpaired) electrons. The number of methoxy groups -OCH3 is 1. The summed E-state index contributed by atoms with van der Waals surface area (Å²) in [7, 11) is 3.66. The van der Waals surface area contributed by atoms with Gasteiger partial charge in [0.2, 0.25) is 0 Å². The summed E-state index contributed by atoms with van der Waals surface area (Å²) >= 11 is 3.49. The Morgan fingerprint density at radius 3 is 2.90 bits per heavy atom. The first-order chi connectivity index (χ1) is 9.67. The summed E-state index contributed by atoms with van der Waals surface area (Å²) in [5, 5.41) is 7.73. The summed E-state index contributed by atoms with van der Waals surface area (Å²) < 4.78 is 8.38. The Labute approximate surface area is 128 Å². The molecule has 1 atom stereocenters. The summed E-state index contributed by atoms with van der Waals surface area (Å²) in [6.07, 6.45) is 5.06. The lowest BCUT2D eigenvalue weighted by Crippen LogP contribution is -2.14. The van der Waals surface area contributed by atoms with Crippen LogP contribution >= 0.6 is 15.9 Å². The average molecular weight is 338 g/mol. The van der Waals surface area contributed by atoms with E-state index < -0.39 is 0 Å². The molecule has 0 saturated carbocycles. The molecule has 1 N–H and O–H groups in total. The van der Waals surface area contributed by atoms with Crippen molar-refractivity contribution in [1.82, 2.24) is 15.1 Å². The van der Waals surface area contributed by atoms with Gasteiger partial charge in [0.1, 0.15) is 5.75 Å². The fourth-order valence-corrected chi connectivity index (χ4v) is 2.71. The van der Waals surface area contributed by atoms with Gasteiger partial charge in [-0.15, -0.1) is 0 Å². The molecule has 0 spiro atoms. The largest absolute Gasteiger partial charge is 0.496 e. The van der Waals surface area contributed by atoms with Crippen molar-refractivity contribution in [2.24, 2.45) is 0 Å². The van der Waals surface area contributed by atoms with Crippen molar-refractivity contribution < 1.29 is 4.74 Å². The molecule has 1 unspecified atom stereocenters. The number of halogens is 1. The SMILES string of the molecule is CCC(NC)c1cnn(Cc2cc(Br)ccc2OC)c1. The third-order valence-electron chi connectivity index (χ3n) is 3.39. The minimum absolute atomic E-state index is 0.355. The summed E-state index contributed by atoms with van der Waals surface area (Å²) in [5.41, 5.74) is 2.32. The van der Waals surface area contributed by atoms with Crippen LogP contribution in [0, 0.1) is 0 Å². The van der Waals surface area contributed by atoms with E-state index in [0.29, 0.717) is 12.6 Å². The van der Waals surface area contributed by atoms with Gasteiger partial charge in [-0.3, -0.25) is 4.68 Å². The van der Waals surface area contributed by atoms with E-state index in [1.807, 2.05) is 30.1 Å². The Kier molecular flexibility index (Phi) is 5.20. The van der Waals surface area contributed by atoms with Gasteiger partial charge in [0.15, 0.2) is 0 Å². The second-order valence-corrected chi connectivity index (χ2v) is 5.59. The predicted molar refractivity (Wildman–Crippen MR) is 84.1 cm³/mol. The fourth-order valence-electron chi connectivity index (χ4n) is 2.30. The third-order valence-corrected chi connectivity index (χ3v) is 3.88. The molecular formula is C15H20BrN3O. The second kappa shape index (κ2) is 6.90. The van der Waals surface area contributed by atoms with Crippen LogP contribution < -0.4 is 10.1 Å².